The van der Waals surface area contributed by atoms with Crippen molar-refractivity contribution in [3.05, 3.63) is 5.01 Å². The van der Waals surface area contributed by atoms with E-state index >= 15 is 0 Å². The summed E-state index contributed by atoms with van der Waals surface area (Å²) in [5.41, 5.74) is 0. The summed E-state index contributed by atoms with van der Waals surface area (Å²) in [6, 6.07) is 0. The van der Waals surface area contributed by atoms with Gasteiger partial charge in [-0.05, 0) is 6.92 Å². The van der Waals surface area contributed by atoms with Gasteiger partial charge in [0.05, 0.1) is 6.54 Å². The fourth-order valence-electron chi connectivity index (χ4n) is 1.49. The Morgan fingerprint density at radius 3 is 2.87 bits per heavy atom. The fourth-order valence-corrected chi connectivity index (χ4v) is 3.32. The molecule has 1 aromatic rings. The molecule has 0 amide bonds. The Labute approximate surface area is 98.5 Å². The number of hydrogen-bond acceptors (Lipinski definition) is 6. The number of rotatable bonds is 4. The van der Waals surface area contributed by atoms with Crippen LogP contribution in [0.1, 0.15) is 11.9 Å². The Bertz CT molecular complexity index is 296. The molecule has 0 spiro atoms. The maximum atomic E-state index is 4.19. The number of thioether (sulfide) groups is 1. The van der Waals surface area contributed by atoms with Crippen LogP contribution >= 0.6 is 23.1 Å². The lowest BCUT2D eigenvalue weighted by Crippen LogP contribution is -2.31. The smallest absolute Gasteiger partial charge is 0.205 e. The second-order valence-corrected chi connectivity index (χ2v) is 5.71. The highest BCUT2D eigenvalue weighted by molar-refractivity contribution is 7.99. The molecule has 84 valence electrons. The van der Waals surface area contributed by atoms with E-state index in [9.17, 15) is 0 Å². The molecule has 4 nitrogen and oxygen atoms in total. The van der Waals surface area contributed by atoms with E-state index in [0.29, 0.717) is 0 Å². The van der Waals surface area contributed by atoms with Crippen LogP contribution in [0, 0.1) is 0 Å². The molecule has 6 heteroatoms. The quantitative estimate of drug-likeness (QED) is 0.869. The van der Waals surface area contributed by atoms with Gasteiger partial charge >= 0.3 is 0 Å². The van der Waals surface area contributed by atoms with Crippen LogP contribution in [-0.2, 0) is 6.54 Å². The molecule has 0 unspecified atom stereocenters. The van der Waals surface area contributed by atoms with Crippen molar-refractivity contribution in [3.8, 4) is 0 Å². The largest absolute Gasteiger partial charge is 0.360 e. The second-order valence-electron chi connectivity index (χ2n) is 3.42. The molecule has 0 aromatic carbocycles. The highest BCUT2D eigenvalue weighted by atomic mass is 32.2. The van der Waals surface area contributed by atoms with Crippen LogP contribution in [0.2, 0.25) is 0 Å². The van der Waals surface area contributed by atoms with Crippen LogP contribution in [0.3, 0.4) is 0 Å². The van der Waals surface area contributed by atoms with Crippen molar-refractivity contribution in [2.24, 2.45) is 0 Å². The standard InChI is InChI=1S/C9H16N4S2/c1-2-10-9-12-11-8(15-9)7-13-3-5-14-6-4-13/h2-7H2,1H3,(H,10,12). The zero-order valence-electron chi connectivity index (χ0n) is 8.90. The Hall–Kier alpha value is -0.330. The van der Waals surface area contributed by atoms with Gasteiger partial charge < -0.3 is 5.32 Å². The maximum Gasteiger partial charge on any atom is 0.205 e. The van der Waals surface area contributed by atoms with Crippen molar-refractivity contribution in [2.75, 3.05) is 36.5 Å². The summed E-state index contributed by atoms with van der Waals surface area (Å²) in [6.07, 6.45) is 0. The Morgan fingerprint density at radius 2 is 2.13 bits per heavy atom. The number of aromatic nitrogens is 2. The van der Waals surface area contributed by atoms with Crippen molar-refractivity contribution < 1.29 is 0 Å². The third-order valence-corrected chi connectivity index (χ3v) is 4.07. The molecule has 15 heavy (non-hydrogen) atoms. The van der Waals surface area contributed by atoms with Gasteiger partial charge in [0, 0.05) is 31.1 Å². The van der Waals surface area contributed by atoms with E-state index in [-0.39, 0.29) is 0 Å². The molecule has 1 aromatic heterocycles. The van der Waals surface area contributed by atoms with E-state index in [4.69, 9.17) is 0 Å². The summed E-state index contributed by atoms with van der Waals surface area (Å²) in [5, 5.41) is 13.5. The maximum absolute atomic E-state index is 4.19. The topological polar surface area (TPSA) is 41.1 Å². The van der Waals surface area contributed by atoms with Crippen LogP contribution in [0.5, 0.6) is 0 Å². The van der Waals surface area contributed by atoms with E-state index in [0.717, 1.165) is 23.2 Å². The summed E-state index contributed by atoms with van der Waals surface area (Å²) in [4.78, 5) is 2.45. The third-order valence-electron chi connectivity index (χ3n) is 2.26. The number of nitrogens with zero attached hydrogens (tertiary/aromatic N) is 3. The molecule has 0 atom stereocenters. The van der Waals surface area contributed by atoms with Crippen molar-refractivity contribution >= 4 is 28.2 Å². The zero-order valence-corrected chi connectivity index (χ0v) is 10.5. The van der Waals surface area contributed by atoms with Crippen molar-refractivity contribution in [1.82, 2.24) is 15.1 Å². The molecule has 1 N–H and O–H groups in total. The monoisotopic (exact) mass is 244 g/mol. The molecular formula is C9H16N4S2. The van der Waals surface area contributed by atoms with Crippen LogP contribution in [-0.4, -0.2) is 46.2 Å². The van der Waals surface area contributed by atoms with Crippen molar-refractivity contribution in [1.29, 1.82) is 0 Å². The predicted octanol–water partition coefficient (Wildman–Crippen LogP) is 1.52. The van der Waals surface area contributed by atoms with Crippen LogP contribution in [0.25, 0.3) is 0 Å². The van der Waals surface area contributed by atoms with Gasteiger partial charge in [-0.3, -0.25) is 4.90 Å². The summed E-state index contributed by atoms with van der Waals surface area (Å²) in [5.74, 6) is 2.50. The highest BCUT2D eigenvalue weighted by Gasteiger charge is 2.13. The van der Waals surface area contributed by atoms with Gasteiger partial charge in [0.2, 0.25) is 5.13 Å². The molecule has 1 aliphatic heterocycles. The van der Waals surface area contributed by atoms with Crippen LogP contribution in [0.4, 0.5) is 5.13 Å². The molecule has 2 heterocycles. The minimum atomic E-state index is 0.912. The van der Waals surface area contributed by atoms with Gasteiger partial charge in [-0.1, -0.05) is 11.3 Å². The van der Waals surface area contributed by atoms with Gasteiger partial charge in [0.25, 0.3) is 0 Å². The van der Waals surface area contributed by atoms with E-state index in [1.807, 2.05) is 11.8 Å². The predicted molar refractivity (Wildman–Crippen MR) is 66.7 cm³/mol. The molecular weight excluding hydrogens is 228 g/mol. The molecule has 0 aliphatic carbocycles. The lowest BCUT2D eigenvalue weighted by molar-refractivity contribution is 0.293. The second kappa shape index (κ2) is 5.67. The first kappa shape index (κ1) is 11.2. The normalized spacial score (nSPS) is 17.9. The van der Waals surface area contributed by atoms with Gasteiger partial charge in [0.1, 0.15) is 5.01 Å². The zero-order chi connectivity index (χ0) is 10.5. The van der Waals surface area contributed by atoms with Crippen molar-refractivity contribution in [3.63, 3.8) is 0 Å². The SMILES string of the molecule is CCNc1nnc(CN2CCSCC2)s1. The van der Waals surface area contributed by atoms with Crippen molar-refractivity contribution in [2.45, 2.75) is 13.5 Å². The summed E-state index contributed by atoms with van der Waals surface area (Å²) >= 11 is 3.71. The van der Waals surface area contributed by atoms with Gasteiger partial charge in [-0.2, -0.15) is 11.8 Å². The van der Waals surface area contributed by atoms with Gasteiger partial charge in [-0.15, -0.1) is 10.2 Å². The number of hydrogen-bond donors (Lipinski definition) is 1. The molecule has 0 radical (unpaired) electrons. The summed E-state index contributed by atoms with van der Waals surface area (Å²) in [6.45, 7) is 6.31. The summed E-state index contributed by atoms with van der Waals surface area (Å²) < 4.78 is 0. The molecule has 0 bridgehead atoms. The first-order valence-electron chi connectivity index (χ1n) is 5.25. The molecule has 0 saturated carbocycles. The van der Waals surface area contributed by atoms with Crippen LogP contribution < -0.4 is 5.32 Å². The Kier molecular flexibility index (Phi) is 4.22. The average molecular weight is 244 g/mol. The molecule has 1 aliphatic rings. The fraction of sp³-hybridized carbons (Fsp3) is 0.778. The lowest BCUT2D eigenvalue weighted by atomic mass is 10.5. The van der Waals surface area contributed by atoms with E-state index < -0.39 is 0 Å². The average Bonchev–Trinajstić information content (AvgIpc) is 2.68. The lowest BCUT2D eigenvalue weighted by Gasteiger charge is -2.24. The minimum Gasteiger partial charge on any atom is -0.360 e. The minimum absolute atomic E-state index is 0.912. The Morgan fingerprint density at radius 1 is 1.33 bits per heavy atom. The van der Waals surface area contributed by atoms with Gasteiger partial charge in [0.15, 0.2) is 0 Å². The molecule has 1 fully saturated rings. The first-order valence-corrected chi connectivity index (χ1v) is 7.22. The highest BCUT2D eigenvalue weighted by Crippen LogP contribution is 2.18. The summed E-state index contributed by atoms with van der Waals surface area (Å²) in [7, 11) is 0. The van der Waals surface area contributed by atoms with E-state index in [2.05, 4.69) is 27.3 Å². The number of anilines is 1. The van der Waals surface area contributed by atoms with E-state index in [1.54, 1.807) is 11.3 Å². The van der Waals surface area contributed by atoms with Gasteiger partial charge in [-0.25, -0.2) is 0 Å². The van der Waals surface area contributed by atoms with Crippen LogP contribution in [0.15, 0.2) is 0 Å². The molecule has 2 rings (SSSR count). The first-order chi connectivity index (χ1) is 7.38. The number of nitrogens with one attached hydrogen (secondary N) is 1. The Balaban J connectivity index is 1.86. The third kappa shape index (κ3) is 3.32. The molecule has 1 saturated heterocycles. The van der Waals surface area contributed by atoms with E-state index in [1.165, 1.54) is 24.6 Å².